The Kier molecular flexibility index (Phi) is 5.05. The Morgan fingerprint density at radius 3 is 2.67 bits per heavy atom. The molecule has 2 nitrogen and oxygen atoms in total. The summed E-state index contributed by atoms with van der Waals surface area (Å²) in [5.74, 6) is 3.35. The summed E-state index contributed by atoms with van der Waals surface area (Å²) in [5, 5.41) is 0. The highest BCUT2D eigenvalue weighted by Gasteiger charge is 2.58. The van der Waals surface area contributed by atoms with Gasteiger partial charge < -0.3 is 4.74 Å². The quantitative estimate of drug-likeness (QED) is 0.425. The van der Waals surface area contributed by atoms with Crippen LogP contribution in [0.4, 0.5) is 0 Å². The molecule has 0 N–H and O–H groups in total. The van der Waals surface area contributed by atoms with Crippen molar-refractivity contribution in [2.75, 3.05) is 0 Å². The number of allylic oxidation sites excluding steroid dienone is 1. The molecule has 2 heteroatoms. The molecule has 0 saturated heterocycles. The second-order valence-corrected chi connectivity index (χ2v) is 13.5. The molecular formula is C31H43NO. The van der Waals surface area contributed by atoms with E-state index in [9.17, 15) is 0 Å². The van der Waals surface area contributed by atoms with Gasteiger partial charge in [-0.25, -0.2) is 0 Å². The Labute approximate surface area is 201 Å². The number of hydrogen-bond donors (Lipinski definition) is 0. The molecule has 0 amide bonds. The number of benzene rings is 1. The summed E-state index contributed by atoms with van der Waals surface area (Å²) < 4.78 is 6.44. The molecule has 0 spiro atoms. The van der Waals surface area contributed by atoms with Crippen LogP contribution >= 0.6 is 0 Å². The van der Waals surface area contributed by atoms with Crippen LogP contribution in [0, 0.1) is 28.6 Å². The number of rotatable bonds is 2. The molecule has 0 aromatic heterocycles. The lowest BCUT2D eigenvalue weighted by Gasteiger charge is -2.58. The predicted octanol–water partition coefficient (Wildman–Crippen LogP) is 7.85. The van der Waals surface area contributed by atoms with E-state index >= 15 is 0 Å². The van der Waals surface area contributed by atoms with E-state index in [2.05, 4.69) is 70.1 Å². The minimum absolute atomic E-state index is 0.0363. The molecule has 1 heterocycles. The molecule has 4 aliphatic carbocycles. The highest BCUT2D eigenvalue weighted by Crippen LogP contribution is 2.68. The maximum atomic E-state index is 6.44. The summed E-state index contributed by atoms with van der Waals surface area (Å²) in [6, 6.07) is 7.26. The molecule has 0 unspecified atom stereocenters. The molecule has 7 atom stereocenters. The van der Waals surface area contributed by atoms with Gasteiger partial charge in [0.2, 0.25) is 0 Å². The van der Waals surface area contributed by atoms with E-state index in [1.165, 1.54) is 62.5 Å². The number of ether oxygens (including phenoxy) is 1. The Balaban J connectivity index is 1.24. The van der Waals surface area contributed by atoms with Crippen LogP contribution in [-0.2, 0) is 11.3 Å². The van der Waals surface area contributed by atoms with Crippen LogP contribution in [0.3, 0.4) is 0 Å². The molecule has 0 bridgehead atoms. The molecule has 1 aromatic carbocycles. The normalized spacial score (nSPS) is 41.7. The van der Waals surface area contributed by atoms with Crippen molar-refractivity contribution in [2.24, 2.45) is 33.6 Å². The standard InChI is InChI=1S/C31H43NO/c1-29(2,3)33-24-12-14-30(4)23(17-24)8-9-25-27-11-10-26(31(27,5)15-13-28(25)30)20-6-7-21-18-32-19-22(21)16-20/h6-8,16,18,24-28H,9-15,17,19H2,1-5H3/t24-,25-,26+,27-,28-,30-,31+/m0/s1. The van der Waals surface area contributed by atoms with Gasteiger partial charge in [0.25, 0.3) is 0 Å². The van der Waals surface area contributed by atoms with Crippen molar-refractivity contribution in [3.8, 4) is 0 Å². The first kappa shape index (κ1) is 22.1. The molecule has 0 radical (unpaired) electrons. The lowest BCUT2D eigenvalue weighted by atomic mass is 9.47. The van der Waals surface area contributed by atoms with Crippen LogP contribution in [0.25, 0.3) is 0 Å². The molecule has 3 saturated carbocycles. The van der Waals surface area contributed by atoms with Crippen molar-refractivity contribution in [3.63, 3.8) is 0 Å². The van der Waals surface area contributed by atoms with Crippen molar-refractivity contribution in [3.05, 3.63) is 46.5 Å². The highest BCUT2D eigenvalue weighted by molar-refractivity contribution is 5.84. The number of aliphatic imine (C=N–C) groups is 1. The maximum Gasteiger partial charge on any atom is 0.0646 e. The van der Waals surface area contributed by atoms with Crippen molar-refractivity contribution in [1.82, 2.24) is 0 Å². The molecule has 5 aliphatic rings. The van der Waals surface area contributed by atoms with E-state index in [0.29, 0.717) is 16.9 Å². The second-order valence-electron chi connectivity index (χ2n) is 13.5. The van der Waals surface area contributed by atoms with Gasteiger partial charge in [-0.05, 0) is 123 Å². The third-order valence-corrected chi connectivity index (χ3v) is 10.6. The van der Waals surface area contributed by atoms with E-state index in [1.54, 1.807) is 11.1 Å². The number of fused-ring (bicyclic) bond motifs is 6. The van der Waals surface area contributed by atoms with E-state index in [4.69, 9.17) is 4.74 Å². The molecule has 6 rings (SSSR count). The Hall–Kier alpha value is -1.41. The average Bonchev–Trinajstić information content (AvgIpc) is 3.36. The van der Waals surface area contributed by atoms with Crippen molar-refractivity contribution < 1.29 is 4.74 Å². The van der Waals surface area contributed by atoms with Crippen LogP contribution in [0.15, 0.2) is 34.8 Å². The van der Waals surface area contributed by atoms with Crippen LogP contribution in [0.5, 0.6) is 0 Å². The SMILES string of the molecule is CC(C)(C)O[C@H]1CC[C@@]2(C)C(=CC[C@H]3[C@@H]4CC[C@H](c5ccc6c(c5)CN=C6)[C@@]4(C)CC[C@@H]32)C1. The fourth-order valence-corrected chi connectivity index (χ4v) is 9.12. The molecule has 178 valence electrons. The molecule has 1 aliphatic heterocycles. The maximum absolute atomic E-state index is 6.44. The lowest BCUT2D eigenvalue weighted by molar-refractivity contribution is -0.0922. The van der Waals surface area contributed by atoms with Crippen LogP contribution < -0.4 is 0 Å². The van der Waals surface area contributed by atoms with E-state index in [1.807, 2.05) is 0 Å². The topological polar surface area (TPSA) is 21.6 Å². The largest absolute Gasteiger partial charge is 0.372 e. The predicted molar refractivity (Wildman–Crippen MR) is 137 cm³/mol. The smallest absolute Gasteiger partial charge is 0.0646 e. The Bertz CT molecular complexity index is 999. The fourth-order valence-electron chi connectivity index (χ4n) is 9.12. The summed E-state index contributed by atoms with van der Waals surface area (Å²) in [4.78, 5) is 4.50. The Morgan fingerprint density at radius 2 is 1.85 bits per heavy atom. The summed E-state index contributed by atoms with van der Waals surface area (Å²) in [7, 11) is 0. The van der Waals surface area contributed by atoms with Crippen LogP contribution in [0.2, 0.25) is 0 Å². The van der Waals surface area contributed by atoms with E-state index in [0.717, 1.165) is 30.2 Å². The van der Waals surface area contributed by atoms with Gasteiger partial charge in [-0.15, -0.1) is 0 Å². The van der Waals surface area contributed by atoms with Crippen molar-refractivity contribution >= 4 is 6.21 Å². The van der Waals surface area contributed by atoms with Crippen molar-refractivity contribution in [2.45, 2.75) is 110 Å². The summed E-state index contributed by atoms with van der Waals surface area (Å²) in [6.07, 6.45) is 15.8. The third kappa shape index (κ3) is 3.49. The summed E-state index contributed by atoms with van der Waals surface area (Å²) in [6.45, 7) is 12.8. The van der Waals surface area contributed by atoms with Crippen molar-refractivity contribution in [1.29, 1.82) is 0 Å². The van der Waals surface area contributed by atoms with Gasteiger partial charge in [0.1, 0.15) is 0 Å². The van der Waals surface area contributed by atoms with Crippen LogP contribution in [-0.4, -0.2) is 17.9 Å². The number of hydrogen-bond acceptors (Lipinski definition) is 2. The Morgan fingerprint density at radius 1 is 1.00 bits per heavy atom. The van der Waals surface area contributed by atoms with Gasteiger partial charge in [-0.2, -0.15) is 0 Å². The van der Waals surface area contributed by atoms with Gasteiger partial charge in [0.15, 0.2) is 0 Å². The van der Waals surface area contributed by atoms with E-state index < -0.39 is 0 Å². The minimum atomic E-state index is -0.0363. The first-order chi connectivity index (χ1) is 15.7. The first-order valence-electron chi connectivity index (χ1n) is 13.7. The zero-order valence-electron chi connectivity index (χ0n) is 21.5. The molecule has 1 aromatic rings. The van der Waals surface area contributed by atoms with Crippen LogP contribution in [0.1, 0.15) is 109 Å². The highest BCUT2D eigenvalue weighted by atomic mass is 16.5. The van der Waals surface area contributed by atoms with E-state index in [-0.39, 0.29) is 5.60 Å². The minimum Gasteiger partial charge on any atom is -0.372 e. The fraction of sp³-hybridized carbons (Fsp3) is 0.710. The molecule has 33 heavy (non-hydrogen) atoms. The zero-order valence-corrected chi connectivity index (χ0v) is 21.5. The lowest BCUT2D eigenvalue weighted by Crippen LogP contribution is -2.50. The average molecular weight is 446 g/mol. The third-order valence-electron chi connectivity index (χ3n) is 10.6. The van der Waals surface area contributed by atoms with Gasteiger partial charge in [-0.3, -0.25) is 4.99 Å². The second kappa shape index (κ2) is 7.54. The first-order valence-corrected chi connectivity index (χ1v) is 13.7. The van der Waals surface area contributed by atoms with Gasteiger partial charge in [0, 0.05) is 6.21 Å². The number of nitrogens with zero attached hydrogens (tertiary/aromatic N) is 1. The van der Waals surface area contributed by atoms with Gasteiger partial charge >= 0.3 is 0 Å². The zero-order chi connectivity index (χ0) is 23.0. The summed E-state index contributed by atoms with van der Waals surface area (Å²) >= 11 is 0. The molecule has 3 fully saturated rings. The monoisotopic (exact) mass is 445 g/mol. The van der Waals surface area contributed by atoms with Gasteiger partial charge in [-0.1, -0.05) is 43.7 Å². The summed E-state index contributed by atoms with van der Waals surface area (Å²) in [5.41, 5.74) is 6.95. The van der Waals surface area contributed by atoms with Gasteiger partial charge in [0.05, 0.1) is 18.2 Å². The molecular weight excluding hydrogens is 402 g/mol.